The molecule has 128 valence electrons. The zero-order chi connectivity index (χ0) is 17.1. The molecule has 0 spiro atoms. The van der Waals surface area contributed by atoms with Gasteiger partial charge in [-0.05, 0) is 25.0 Å². The van der Waals surface area contributed by atoms with Crippen LogP contribution in [0.5, 0.6) is 0 Å². The summed E-state index contributed by atoms with van der Waals surface area (Å²) in [6, 6.07) is 3.78. The summed E-state index contributed by atoms with van der Waals surface area (Å²) in [4.78, 5) is 22.4. The zero-order valence-corrected chi connectivity index (χ0v) is 14.1. The van der Waals surface area contributed by atoms with Crippen molar-refractivity contribution in [2.24, 2.45) is 5.92 Å². The Bertz CT molecular complexity index is 810. The minimum Gasteiger partial charge on any atom is -0.355 e. The molecular weight excluding hydrogens is 340 g/mol. The van der Waals surface area contributed by atoms with E-state index in [1.165, 1.54) is 17.7 Å². The van der Waals surface area contributed by atoms with E-state index in [1.54, 1.807) is 17.2 Å². The third kappa shape index (κ3) is 3.48. The summed E-state index contributed by atoms with van der Waals surface area (Å²) >= 11 is 1.43. The number of aromatic nitrogens is 6. The van der Waals surface area contributed by atoms with E-state index in [2.05, 4.69) is 35.5 Å². The van der Waals surface area contributed by atoms with Crippen molar-refractivity contribution in [1.82, 2.24) is 29.9 Å². The second-order valence-electron chi connectivity index (χ2n) is 5.68. The molecular formula is C15H16N8OS. The fraction of sp³-hybridized carbons (Fsp3) is 0.333. The summed E-state index contributed by atoms with van der Waals surface area (Å²) in [5.41, 5.74) is 0. The van der Waals surface area contributed by atoms with Crippen LogP contribution >= 0.6 is 11.3 Å². The molecule has 0 aromatic carbocycles. The number of amides is 1. The van der Waals surface area contributed by atoms with Gasteiger partial charge in [0.05, 0.1) is 0 Å². The SMILES string of the molecule is O=C(Nc1nccs1)C1CCN(c2ccc(-n3cncn3)nn2)CC1. The Morgan fingerprint density at radius 1 is 1.20 bits per heavy atom. The molecule has 1 amide bonds. The van der Waals surface area contributed by atoms with Crippen LogP contribution in [0.15, 0.2) is 36.4 Å². The first-order valence-corrected chi connectivity index (χ1v) is 8.81. The predicted molar refractivity (Wildman–Crippen MR) is 92.6 cm³/mol. The molecule has 0 radical (unpaired) electrons. The van der Waals surface area contributed by atoms with E-state index in [4.69, 9.17) is 0 Å². The Hall–Kier alpha value is -2.88. The number of thiazole rings is 1. The molecule has 1 aliphatic rings. The highest BCUT2D eigenvalue weighted by atomic mass is 32.1. The molecule has 0 unspecified atom stereocenters. The van der Waals surface area contributed by atoms with Gasteiger partial charge in [0.2, 0.25) is 5.91 Å². The molecule has 9 nitrogen and oxygen atoms in total. The molecule has 1 N–H and O–H groups in total. The Morgan fingerprint density at radius 3 is 2.64 bits per heavy atom. The first-order valence-electron chi connectivity index (χ1n) is 7.93. The Morgan fingerprint density at radius 2 is 2.00 bits per heavy atom. The van der Waals surface area contributed by atoms with Crippen LogP contribution in [0, 0.1) is 5.92 Å². The molecule has 4 heterocycles. The van der Waals surface area contributed by atoms with Crippen molar-refractivity contribution in [3.05, 3.63) is 36.4 Å². The highest BCUT2D eigenvalue weighted by Gasteiger charge is 2.26. The summed E-state index contributed by atoms with van der Waals surface area (Å²) in [5.74, 6) is 1.48. The number of nitrogens with one attached hydrogen (secondary N) is 1. The van der Waals surface area contributed by atoms with Gasteiger partial charge in [-0.3, -0.25) is 4.79 Å². The summed E-state index contributed by atoms with van der Waals surface area (Å²) in [5, 5.41) is 17.9. The van der Waals surface area contributed by atoms with Crippen LogP contribution in [0.4, 0.5) is 10.9 Å². The normalized spacial score (nSPS) is 15.3. The molecule has 0 saturated carbocycles. The lowest BCUT2D eigenvalue weighted by molar-refractivity contribution is -0.120. The van der Waals surface area contributed by atoms with Crippen molar-refractivity contribution >= 4 is 28.2 Å². The fourth-order valence-corrected chi connectivity index (χ4v) is 3.33. The van der Waals surface area contributed by atoms with Gasteiger partial charge in [0.1, 0.15) is 12.7 Å². The quantitative estimate of drug-likeness (QED) is 0.753. The largest absolute Gasteiger partial charge is 0.355 e. The lowest BCUT2D eigenvalue weighted by Crippen LogP contribution is -2.38. The molecule has 0 bridgehead atoms. The summed E-state index contributed by atoms with van der Waals surface area (Å²) in [6.45, 7) is 1.54. The Balaban J connectivity index is 1.34. The number of piperidine rings is 1. The highest BCUT2D eigenvalue weighted by molar-refractivity contribution is 7.13. The molecule has 4 rings (SSSR count). The van der Waals surface area contributed by atoms with Gasteiger partial charge in [0, 0.05) is 30.6 Å². The van der Waals surface area contributed by atoms with Gasteiger partial charge in [0.15, 0.2) is 16.8 Å². The van der Waals surface area contributed by atoms with E-state index in [0.717, 1.165) is 31.7 Å². The van der Waals surface area contributed by atoms with E-state index < -0.39 is 0 Å². The van der Waals surface area contributed by atoms with Gasteiger partial charge in [-0.15, -0.1) is 21.5 Å². The maximum Gasteiger partial charge on any atom is 0.229 e. The minimum atomic E-state index is 0.00234. The molecule has 3 aromatic heterocycles. The van der Waals surface area contributed by atoms with Crippen molar-refractivity contribution in [3.8, 4) is 5.82 Å². The average molecular weight is 356 g/mol. The Kier molecular flexibility index (Phi) is 4.34. The third-order valence-corrected chi connectivity index (χ3v) is 4.83. The maximum absolute atomic E-state index is 12.3. The van der Waals surface area contributed by atoms with E-state index >= 15 is 0 Å². The zero-order valence-electron chi connectivity index (χ0n) is 13.3. The third-order valence-electron chi connectivity index (χ3n) is 4.14. The molecule has 10 heteroatoms. The van der Waals surface area contributed by atoms with Crippen molar-refractivity contribution in [3.63, 3.8) is 0 Å². The molecule has 1 fully saturated rings. The monoisotopic (exact) mass is 356 g/mol. The second-order valence-corrected chi connectivity index (χ2v) is 6.57. The lowest BCUT2D eigenvalue weighted by Gasteiger charge is -2.31. The maximum atomic E-state index is 12.3. The van der Waals surface area contributed by atoms with Gasteiger partial charge >= 0.3 is 0 Å². The van der Waals surface area contributed by atoms with Crippen molar-refractivity contribution < 1.29 is 4.79 Å². The Labute approximate surface area is 147 Å². The number of anilines is 2. The number of hydrogen-bond donors (Lipinski definition) is 1. The smallest absolute Gasteiger partial charge is 0.229 e. The highest BCUT2D eigenvalue weighted by Crippen LogP contribution is 2.23. The molecule has 1 aliphatic heterocycles. The van der Waals surface area contributed by atoms with Crippen LogP contribution in [-0.4, -0.2) is 48.9 Å². The number of nitrogens with zero attached hydrogens (tertiary/aromatic N) is 7. The van der Waals surface area contributed by atoms with Crippen LogP contribution in [0.3, 0.4) is 0 Å². The summed E-state index contributed by atoms with van der Waals surface area (Å²) in [7, 11) is 0. The first-order chi connectivity index (χ1) is 12.3. The minimum absolute atomic E-state index is 0.00234. The van der Waals surface area contributed by atoms with Crippen LogP contribution in [0.2, 0.25) is 0 Å². The van der Waals surface area contributed by atoms with Crippen LogP contribution in [-0.2, 0) is 4.79 Å². The van der Waals surface area contributed by atoms with Crippen LogP contribution in [0.1, 0.15) is 12.8 Å². The number of carbonyl (C=O) groups is 1. The lowest BCUT2D eigenvalue weighted by atomic mass is 9.96. The van der Waals surface area contributed by atoms with Crippen LogP contribution in [0.25, 0.3) is 5.82 Å². The summed E-state index contributed by atoms with van der Waals surface area (Å²) in [6.07, 6.45) is 6.28. The number of hydrogen-bond acceptors (Lipinski definition) is 8. The fourth-order valence-electron chi connectivity index (χ4n) is 2.80. The van der Waals surface area contributed by atoms with Crippen molar-refractivity contribution in [2.45, 2.75) is 12.8 Å². The van der Waals surface area contributed by atoms with E-state index in [-0.39, 0.29) is 11.8 Å². The van der Waals surface area contributed by atoms with E-state index in [1.807, 2.05) is 17.5 Å². The molecule has 0 atom stereocenters. The molecule has 3 aromatic rings. The first kappa shape index (κ1) is 15.6. The number of rotatable bonds is 4. The van der Waals surface area contributed by atoms with Crippen LogP contribution < -0.4 is 10.2 Å². The van der Waals surface area contributed by atoms with Gasteiger partial charge in [-0.2, -0.15) is 5.10 Å². The molecule has 25 heavy (non-hydrogen) atoms. The second kappa shape index (κ2) is 6.93. The predicted octanol–water partition coefficient (Wildman–Crippen LogP) is 1.37. The topological polar surface area (TPSA) is 102 Å². The van der Waals surface area contributed by atoms with Gasteiger partial charge < -0.3 is 10.2 Å². The average Bonchev–Trinajstić information content (AvgIpc) is 3.36. The number of carbonyl (C=O) groups excluding carboxylic acids is 1. The van der Waals surface area contributed by atoms with Gasteiger partial charge in [-0.25, -0.2) is 14.6 Å². The molecule has 0 aliphatic carbocycles. The van der Waals surface area contributed by atoms with Crippen molar-refractivity contribution in [1.29, 1.82) is 0 Å². The molecule has 1 saturated heterocycles. The van der Waals surface area contributed by atoms with E-state index in [9.17, 15) is 4.79 Å². The summed E-state index contributed by atoms with van der Waals surface area (Å²) < 4.78 is 1.56. The van der Waals surface area contributed by atoms with Gasteiger partial charge in [0.25, 0.3) is 0 Å². The van der Waals surface area contributed by atoms with Gasteiger partial charge in [-0.1, -0.05) is 0 Å². The van der Waals surface area contributed by atoms with Crippen molar-refractivity contribution in [2.75, 3.05) is 23.3 Å². The standard InChI is InChI=1S/C15H16N8OS/c24-14(19-15-17-5-8-25-15)11-3-6-22(7-4-11)12-1-2-13(21-20-12)23-10-16-9-18-23/h1-2,5,8-11H,3-4,6-7H2,(H,17,19,24). The van der Waals surface area contributed by atoms with E-state index in [0.29, 0.717) is 10.9 Å².